The highest BCUT2D eigenvalue weighted by Crippen LogP contribution is 2.25. The third-order valence-electron chi connectivity index (χ3n) is 2.79. The molecule has 0 aliphatic heterocycles. The molecule has 0 saturated carbocycles. The van der Waals surface area contributed by atoms with E-state index >= 15 is 0 Å². The van der Waals surface area contributed by atoms with Crippen molar-refractivity contribution in [3.05, 3.63) is 46.2 Å². The van der Waals surface area contributed by atoms with Gasteiger partial charge in [0, 0.05) is 11.9 Å². The molecular formula is C13H11Cl2N3O3. The van der Waals surface area contributed by atoms with Crippen LogP contribution in [-0.2, 0) is 4.79 Å². The van der Waals surface area contributed by atoms with Gasteiger partial charge in [-0.05, 0) is 31.2 Å². The lowest BCUT2D eigenvalue weighted by atomic mass is 10.2. The molecule has 21 heavy (non-hydrogen) atoms. The Hall–Kier alpha value is -2.05. The standard InChI is InChI=1S/C13H11Cl2N3O3/c1-7(18-5-4-11(17-18)13(20)21)12(19)16-8-2-3-9(14)10(15)6-8/h2-7H,1H3,(H,16,19)(H,20,21)/t7-/m0/s1. The Bertz CT molecular complexity index is 700. The molecule has 0 bridgehead atoms. The van der Waals surface area contributed by atoms with Gasteiger partial charge < -0.3 is 10.4 Å². The number of nitrogens with one attached hydrogen (secondary N) is 1. The molecule has 6 nitrogen and oxygen atoms in total. The van der Waals surface area contributed by atoms with Crippen molar-refractivity contribution >= 4 is 40.8 Å². The van der Waals surface area contributed by atoms with Crippen molar-refractivity contribution < 1.29 is 14.7 Å². The number of carbonyl (C=O) groups excluding carboxylic acids is 1. The normalized spacial score (nSPS) is 12.0. The van der Waals surface area contributed by atoms with Crippen molar-refractivity contribution in [3.8, 4) is 0 Å². The van der Waals surface area contributed by atoms with Crippen molar-refractivity contribution in [2.45, 2.75) is 13.0 Å². The highest BCUT2D eigenvalue weighted by molar-refractivity contribution is 6.42. The van der Waals surface area contributed by atoms with Crippen LogP contribution in [-0.4, -0.2) is 26.8 Å². The third kappa shape index (κ3) is 3.53. The second kappa shape index (κ2) is 6.15. The van der Waals surface area contributed by atoms with E-state index in [9.17, 15) is 9.59 Å². The Morgan fingerprint density at radius 2 is 2.00 bits per heavy atom. The van der Waals surface area contributed by atoms with Crippen LogP contribution in [0.25, 0.3) is 0 Å². The largest absolute Gasteiger partial charge is 0.476 e. The second-order valence-electron chi connectivity index (χ2n) is 4.28. The molecule has 0 saturated heterocycles. The maximum Gasteiger partial charge on any atom is 0.356 e. The summed E-state index contributed by atoms with van der Waals surface area (Å²) >= 11 is 11.7. The molecule has 2 rings (SSSR count). The zero-order chi connectivity index (χ0) is 15.6. The first-order valence-electron chi connectivity index (χ1n) is 5.93. The summed E-state index contributed by atoms with van der Waals surface area (Å²) in [5.74, 6) is -1.50. The number of rotatable bonds is 4. The van der Waals surface area contributed by atoms with E-state index in [2.05, 4.69) is 10.4 Å². The number of carboxylic acid groups (broad SMARTS) is 1. The molecule has 0 aliphatic carbocycles. The van der Waals surface area contributed by atoms with E-state index in [1.54, 1.807) is 19.1 Å². The van der Waals surface area contributed by atoms with E-state index < -0.39 is 12.0 Å². The van der Waals surface area contributed by atoms with Gasteiger partial charge in [-0.25, -0.2) is 4.79 Å². The Morgan fingerprint density at radius 3 is 2.57 bits per heavy atom. The Labute approximate surface area is 130 Å². The van der Waals surface area contributed by atoms with E-state index in [0.29, 0.717) is 15.7 Å². The van der Waals surface area contributed by atoms with E-state index in [-0.39, 0.29) is 11.6 Å². The number of aromatic carboxylic acids is 1. The van der Waals surface area contributed by atoms with Gasteiger partial charge in [-0.3, -0.25) is 9.48 Å². The van der Waals surface area contributed by atoms with E-state index in [1.807, 2.05) is 0 Å². The van der Waals surface area contributed by atoms with Crippen LogP contribution in [0.2, 0.25) is 10.0 Å². The molecule has 1 aromatic carbocycles. The molecule has 8 heteroatoms. The summed E-state index contributed by atoms with van der Waals surface area (Å²) in [6.45, 7) is 1.60. The van der Waals surface area contributed by atoms with Crippen LogP contribution >= 0.6 is 23.2 Å². The lowest BCUT2D eigenvalue weighted by Crippen LogP contribution is -2.24. The summed E-state index contributed by atoms with van der Waals surface area (Å²) in [7, 11) is 0. The van der Waals surface area contributed by atoms with Crippen molar-refractivity contribution in [1.29, 1.82) is 0 Å². The lowest BCUT2D eigenvalue weighted by molar-refractivity contribution is -0.119. The Kier molecular flexibility index (Phi) is 4.50. The zero-order valence-corrected chi connectivity index (χ0v) is 12.4. The first-order chi connectivity index (χ1) is 9.88. The fourth-order valence-corrected chi connectivity index (χ4v) is 1.91. The SMILES string of the molecule is C[C@@H](C(=O)Nc1ccc(Cl)c(Cl)c1)n1ccc(C(=O)O)n1. The molecule has 2 aromatic rings. The maximum absolute atomic E-state index is 12.1. The van der Waals surface area contributed by atoms with Crippen molar-refractivity contribution in [3.63, 3.8) is 0 Å². The van der Waals surface area contributed by atoms with E-state index in [1.165, 1.54) is 23.0 Å². The molecule has 0 unspecified atom stereocenters. The first-order valence-corrected chi connectivity index (χ1v) is 6.68. The number of nitrogens with zero attached hydrogens (tertiary/aromatic N) is 2. The highest BCUT2D eigenvalue weighted by atomic mass is 35.5. The van der Waals surface area contributed by atoms with E-state index in [0.717, 1.165) is 0 Å². The summed E-state index contributed by atoms with van der Waals surface area (Å²) in [5, 5.41) is 16.0. The van der Waals surface area contributed by atoms with Crippen LogP contribution in [0.4, 0.5) is 5.69 Å². The number of amides is 1. The minimum atomic E-state index is -1.15. The molecular weight excluding hydrogens is 317 g/mol. The van der Waals surface area contributed by atoms with Gasteiger partial charge >= 0.3 is 5.97 Å². The molecule has 110 valence electrons. The van der Waals surface area contributed by atoms with Crippen LogP contribution < -0.4 is 5.32 Å². The highest BCUT2D eigenvalue weighted by Gasteiger charge is 2.18. The minimum absolute atomic E-state index is 0.121. The predicted molar refractivity (Wildman–Crippen MR) is 79.0 cm³/mol. The van der Waals surface area contributed by atoms with Gasteiger partial charge in [0.1, 0.15) is 6.04 Å². The summed E-state index contributed by atoms with van der Waals surface area (Å²) < 4.78 is 1.27. The number of carboxylic acids is 1. The van der Waals surface area contributed by atoms with Gasteiger partial charge in [0.15, 0.2) is 5.69 Å². The number of hydrogen-bond donors (Lipinski definition) is 2. The Balaban J connectivity index is 2.11. The third-order valence-corrected chi connectivity index (χ3v) is 3.53. The average molecular weight is 328 g/mol. The van der Waals surface area contributed by atoms with Gasteiger partial charge in [0.2, 0.25) is 5.91 Å². The van der Waals surface area contributed by atoms with Crippen LogP contribution in [0.1, 0.15) is 23.5 Å². The topological polar surface area (TPSA) is 84.2 Å². The molecule has 0 radical (unpaired) electrons. The molecule has 0 fully saturated rings. The van der Waals surface area contributed by atoms with Crippen LogP contribution in [0.15, 0.2) is 30.5 Å². The van der Waals surface area contributed by atoms with Gasteiger partial charge in [0.05, 0.1) is 10.0 Å². The molecule has 1 aromatic heterocycles. The molecule has 2 N–H and O–H groups in total. The number of hydrogen-bond acceptors (Lipinski definition) is 3. The van der Waals surface area contributed by atoms with Gasteiger partial charge in [-0.15, -0.1) is 0 Å². The predicted octanol–water partition coefficient (Wildman–Crippen LogP) is 3.09. The van der Waals surface area contributed by atoms with Crippen molar-refractivity contribution in [2.24, 2.45) is 0 Å². The molecule has 1 heterocycles. The summed E-state index contributed by atoms with van der Waals surface area (Å²) in [6.07, 6.45) is 1.43. The van der Waals surface area contributed by atoms with Crippen LogP contribution in [0.5, 0.6) is 0 Å². The number of benzene rings is 1. The fraction of sp³-hybridized carbons (Fsp3) is 0.154. The molecule has 0 spiro atoms. The Morgan fingerprint density at radius 1 is 1.29 bits per heavy atom. The minimum Gasteiger partial charge on any atom is -0.476 e. The number of carbonyl (C=O) groups is 2. The fourth-order valence-electron chi connectivity index (χ4n) is 1.61. The summed E-state index contributed by atoms with van der Waals surface area (Å²) in [4.78, 5) is 22.9. The van der Waals surface area contributed by atoms with Gasteiger partial charge in [-0.1, -0.05) is 23.2 Å². The first kappa shape index (κ1) is 15.3. The van der Waals surface area contributed by atoms with Crippen LogP contribution in [0, 0.1) is 0 Å². The number of halogens is 2. The van der Waals surface area contributed by atoms with Gasteiger partial charge in [0.25, 0.3) is 0 Å². The number of anilines is 1. The molecule has 1 amide bonds. The van der Waals surface area contributed by atoms with E-state index in [4.69, 9.17) is 28.3 Å². The second-order valence-corrected chi connectivity index (χ2v) is 5.09. The lowest BCUT2D eigenvalue weighted by Gasteiger charge is -2.13. The average Bonchev–Trinajstić information content (AvgIpc) is 2.92. The zero-order valence-electron chi connectivity index (χ0n) is 10.9. The maximum atomic E-state index is 12.1. The molecule has 1 atom stereocenters. The van der Waals surface area contributed by atoms with Crippen LogP contribution in [0.3, 0.4) is 0 Å². The smallest absolute Gasteiger partial charge is 0.356 e. The molecule has 0 aliphatic rings. The van der Waals surface area contributed by atoms with Gasteiger partial charge in [-0.2, -0.15) is 5.10 Å². The quantitative estimate of drug-likeness (QED) is 0.903. The van der Waals surface area contributed by atoms with Crippen molar-refractivity contribution in [2.75, 3.05) is 5.32 Å². The summed E-state index contributed by atoms with van der Waals surface area (Å²) in [6, 6.07) is 5.36. The monoisotopic (exact) mass is 327 g/mol. The summed E-state index contributed by atoms with van der Waals surface area (Å²) in [5.41, 5.74) is 0.371. The van der Waals surface area contributed by atoms with Crippen molar-refractivity contribution in [1.82, 2.24) is 9.78 Å². The number of aromatic nitrogens is 2.